The topological polar surface area (TPSA) is 186 Å². The van der Waals surface area contributed by atoms with E-state index in [1.807, 2.05) is 43.6 Å². The number of amides is 3. The van der Waals surface area contributed by atoms with Crippen molar-refractivity contribution in [2.45, 2.75) is 122 Å². The van der Waals surface area contributed by atoms with Gasteiger partial charge in [-0.05, 0) is 106 Å². The second kappa shape index (κ2) is 23.2. The standard InChI is InChI=1S/C55H55F9N8O7S2/c1-27(29-10-12-30(13-11-29)46-28(2)67-26-81-46)68-48-45(79-48)39-21-34(73)24-70(39)49(75)47(52(3,4)5)69-40(74)25-77-16-8-9-17-78-44-36(56)18-32(19-37(44)57)43-35(54(59,60)61)20-33(23-66-43)72-51(80)71(50(76)53(72,6)7)38-15-14-31(22-65)41(42(38)58)55(62,63)64/h10-15,18-20,23,26-27,34,39,45,47-48,68,73H,8-9,16-17,21,24-25H2,1-7H3,(H,69,74)/t27-,34+,39-,45?,47+,48?/m0/s1. The number of hydrogen-bond donors (Lipinski definition) is 3. The van der Waals surface area contributed by atoms with Crippen molar-refractivity contribution in [2.24, 2.45) is 5.41 Å². The molecule has 3 N–H and O–H groups in total. The highest BCUT2D eigenvalue weighted by atomic mass is 32.1. The molecule has 0 aliphatic carbocycles. The van der Waals surface area contributed by atoms with E-state index < -0.39 is 140 Å². The number of pyridine rings is 1. The van der Waals surface area contributed by atoms with Crippen LogP contribution in [0.2, 0.25) is 0 Å². The molecule has 0 bridgehead atoms. The highest BCUT2D eigenvalue weighted by Crippen LogP contribution is 2.45. The number of aryl methyl sites for hydroxylation is 1. The average molecular weight is 1180 g/mol. The third kappa shape index (κ3) is 12.7. The zero-order valence-electron chi connectivity index (χ0n) is 44.6. The lowest BCUT2D eigenvalue weighted by Crippen LogP contribution is -2.57. The molecule has 6 atom stereocenters. The van der Waals surface area contributed by atoms with Crippen LogP contribution >= 0.6 is 23.6 Å². The number of thiazole rings is 1. The number of unbranched alkanes of at least 4 members (excludes halogenated alkanes) is 1. The first kappa shape index (κ1) is 60.3. The summed E-state index contributed by atoms with van der Waals surface area (Å²) in [6.45, 7) is 10.9. The normalized spacial score (nSPS) is 19.9. The first-order valence-corrected chi connectivity index (χ1v) is 26.7. The van der Waals surface area contributed by atoms with Gasteiger partial charge in [0.25, 0.3) is 5.91 Å². The lowest BCUT2D eigenvalue weighted by Gasteiger charge is -2.35. The molecule has 3 aliphatic heterocycles. The maximum absolute atomic E-state index is 15.5. The van der Waals surface area contributed by atoms with E-state index >= 15 is 13.2 Å². The summed E-state index contributed by atoms with van der Waals surface area (Å²) in [5.74, 6) is -7.87. The van der Waals surface area contributed by atoms with Gasteiger partial charge in [-0.25, -0.2) is 18.2 Å². The van der Waals surface area contributed by atoms with Gasteiger partial charge in [-0.2, -0.15) is 31.6 Å². The van der Waals surface area contributed by atoms with Crippen LogP contribution in [0.4, 0.5) is 50.9 Å². The molecule has 15 nitrogen and oxygen atoms in total. The van der Waals surface area contributed by atoms with Gasteiger partial charge >= 0.3 is 12.4 Å². The van der Waals surface area contributed by atoms with E-state index in [0.29, 0.717) is 35.2 Å². The molecule has 2 unspecified atom stereocenters. The maximum atomic E-state index is 15.5. The third-order valence-corrected chi connectivity index (χ3v) is 15.4. The third-order valence-electron chi connectivity index (χ3n) is 14.1. The van der Waals surface area contributed by atoms with Crippen LogP contribution in [0.25, 0.3) is 21.7 Å². The molecule has 8 rings (SSSR count). The van der Waals surface area contributed by atoms with Gasteiger partial charge in [0, 0.05) is 24.8 Å². The predicted octanol–water partition coefficient (Wildman–Crippen LogP) is 10.2. The zero-order valence-corrected chi connectivity index (χ0v) is 46.2. The second-order valence-electron chi connectivity index (χ2n) is 21.3. The average Bonchev–Trinajstić information content (AvgIpc) is 4.02. The fourth-order valence-electron chi connectivity index (χ4n) is 9.87. The number of epoxide rings is 1. The molecule has 3 aliphatic rings. The number of hydrogen-bond acceptors (Lipinski definition) is 13. The van der Waals surface area contributed by atoms with Crippen LogP contribution in [-0.2, 0) is 36.2 Å². The fraction of sp³-hybridized carbons (Fsp3) is 0.436. The van der Waals surface area contributed by atoms with Gasteiger partial charge in [-0.3, -0.25) is 29.6 Å². The minimum absolute atomic E-state index is 0.0182. The lowest BCUT2D eigenvalue weighted by atomic mass is 9.85. The highest BCUT2D eigenvalue weighted by molar-refractivity contribution is 7.81. The molecule has 5 heterocycles. The van der Waals surface area contributed by atoms with Crippen molar-refractivity contribution in [1.29, 1.82) is 5.26 Å². The Morgan fingerprint density at radius 1 is 0.975 bits per heavy atom. The van der Waals surface area contributed by atoms with Crippen molar-refractivity contribution in [2.75, 3.05) is 36.2 Å². The minimum Gasteiger partial charge on any atom is -0.488 e. The number of aliphatic hydroxyl groups excluding tert-OH is 1. The van der Waals surface area contributed by atoms with Crippen molar-refractivity contribution >= 4 is 57.8 Å². The molecule has 81 heavy (non-hydrogen) atoms. The number of β-amino-alcohol motifs (C(OH)–C–C–N with tert-alkyl or cyclic N) is 1. The van der Waals surface area contributed by atoms with E-state index in [2.05, 4.69) is 20.6 Å². The lowest BCUT2D eigenvalue weighted by molar-refractivity contribution is -0.141. The Balaban J connectivity index is 0.834. The number of rotatable bonds is 18. The van der Waals surface area contributed by atoms with Crippen molar-refractivity contribution in [1.82, 2.24) is 25.5 Å². The van der Waals surface area contributed by atoms with Crippen LogP contribution in [0, 0.1) is 41.1 Å². The van der Waals surface area contributed by atoms with E-state index in [0.717, 1.165) is 46.6 Å². The van der Waals surface area contributed by atoms with Crippen molar-refractivity contribution in [3.63, 3.8) is 0 Å². The Kier molecular flexibility index (Phi) is 17.3. The molecule has 3 fully saturated rings. The van der Waals surface area contributed by atoms with Gasteiger partial charge in [-0.1, -0.05) is 45.0 Å². The van der Waals surface area contributed by atoms with Gasteiger partial charge < -0.3 is 34.4 Å². The van der Waals surface area contributed by atoms with Gasteiger partial charge in [-0.15, -0.1) is 11.3 Å². The first-order valence-electron chi connectivity index (χ1n) is 25.4. The number of carbonyl (C=O) groups excluding carboxylic acids is 3. The molecular weight excluding hydrogens is 1120 g/mol. The molecule has 3 saturated heterocycles. The number of nitriles is 1. The van der Waals surface area contributed by atoms with Crippen LogP contribution in [0.5, 0.6) is 5.75 Å². The number of carbonyl (C=O) groups is 3. The van der Waals surface area contributed by atoms with Crippen LogP contribution in [0.15, 0.2) is 66.3 Å². The Morgan fingerprint density at radius 2 is 1.64 bits per heavy atom. The monoisotopic (exact) mass is 1170 g/mol. The Bertz CT molecular complexity index is 3250. The number of aromatic nitrogens is 2. The zero-order chi connectivity index (χ0) is 59.3. The van der Waals surface area contributed by atoms with Crippen LogP contribution in [0.3, 0.4) is 0 Å². The second-order valence-corrected chi connectivity index (χ2v) is 22.5. The summed E-state index contributed by atoms with van der Waals surface area (Å²) in [5.41, 5.74) is -5.71. The molecule has 5 aromatic rings. The largest absolute Gasteiger partial charge is 0.488 e. The summed E-state index contributed by atoms with van der Waals surface area (Å²) < 4.78 is 149. The van der Waals surface area contributed by atoms with Crippen LogP contribution < -0.4 is 25.2 Å². The summed E-state index contributed by atoms with van der Waals surface area (Å²) in [6, 6.07) is 10.7. The number of thiocarbonyl (C=S) groups is 1. The molecule has 0 radical (unpaired) electrons. The smallest absolute Gasteiger partial charge is 0.420 e. The van der Waals surface area contributed by atoms with E-state index in [1.165, 1.54) is 6.07 Å². The van der Waals surface area contributed by atoms with Crippen molar-refractivity contribution < 1.29 is 73.2 Å². The molecule has 3 amide bonds. The number of likely N-dealkylation sites (tertiary alicyclic amines) is 1. The number of halogens is 9. The Hall–Kier alpha value is -6.76. The quantitative estimate of drug-likeness (QED) is 0.0326. The molecule has 432 valence electrons. The molecule has 0 spiro atoms. The SMILES string of the molecule is Cc1ncsc1-c1ccc([C@H](C)NC2OC2[C@@H]2C[C@@H](O)CN2C(=O)[C@@H](NC(=O)COCCCCOc2c(F)cc(-c3ncc(N4C(=S)N(c5ccc(C#N)c(C(F)(F)F)c5F)C(=O)C4(C)C)cc3C(F)(F)F)cc2F)C(C)(C)C)cc1. The summed E-state index contributed by atoms with van der Waals surface area (Å²) in [6.07, 6.45) is -10.8. The highest BCUT2D eigenvalue weighted by Gasteiger charge is 2.55. The predicted molar refractivity (Wildman–Crippen MR) is 283 cm³/mol. The number of benzene rings is 3. The Labute approximate surface area is 469 Å². The minimum atomic E-state index is -5.39. The Morgan fingerprint density at radius 3 is 2.25 bits per heavy atom. The van der Waals surface area contributed by atoms with Crippen LogP contribution in [-0.4, -0.2) is 105 Å². The molecule has 2 aromatic heterocycles. The van der Waals surface area contributed by atoms with Gasteiger partial charge in [0.2, 0.25) is 11.8 Å². The molecule has 3 aromatic carbocycles. The molecule has 26 heteroatoms. The fourth-order valence-corrected chi connectivity index (χ4v) is 11.2. The van der Waals surface area contributed by atoms with E-state index in [1.54, 1.807) is 37.0 Å². The summed E-state index contributed by atoms with van der Waals surface area (Å²) in [4.78, 5) is 53.0. The number of alkyl halides is 6. The van der Waals surface area contributed by atoms with E-state index in [-0.39, 0.29) is 51.3 Å². The number of anilines is 2. The van der Waals surface area contributed by atoms with Crippen LogP contribution in [0.1, 0.15) is 94.8 Å². The number of nitrogens with zero attached hydrogens (tertiary/aromatic N) is 6. The van der Waals surface area contributed by atoms with Crippen molar-refractivity contribution in [3.05, 3.63) is 112 Å². The number of aliphatic hydroxyl groups is 1. The molecule has 0 saturated carbocycles. The maximum Gasteiger partial charge on any atom is 0.420 e. The van der Waals surface area contributed by atoms with Gasteiger partial charge in [0.1, 0.15) is 36.1 Å². The molecular formula is C55H55F9N8O7S2. The first-order chi connectivity index (χ1) is 37.9. The summed E-state index contributed by atoms with van der Waals surface area (Å²) >= 11 is 6.91. The summed E-state index contributed by atoms with van der Waals surface area (Å²) in [5, 5.41) is 25.4. The van der Waals surface area contributed by atoms with Gasteiger partial charge in [0.05, 0.1) is 75.3 Å². The van der Waals surface area contributed by atoms with Crippen molar-refractivity contribution in [3.8, 4) is 33.5 Å². The number of nitrogens with one attached hydrogen (secondary N) is 2. The summed E-state index contributed by atoms with van der Waals surface area (Å²) in [7, 11) is 0. The number of ether oxygens (including phenoxy) is 3. The van der Waals surface area contributed by atoms with E-state index in [9.17, 15) is 51.1 Å². The van der Waals surface area contributed by atoms with E-state index in [4.69, 9.17) is 26.4 Å². The van der Waals surface area contributed by atoms with Gasteiger partial charge in [0.15, 0.2) is 28.3 Å².